The highest BCUT2D eigenvalue weighted by Crippen LogP contribution is 2.41. The Morgan fingerprint density at radius 2 is 2.12 bits per heavy atom. The van der Waals surface area contributed by atoms with E-state index in [0.717, 1.165) is 24.2 Å². The van der Waals surface area contributed by atoms with E-state index in [1.54, 1.807) is 25.8 Å². The number of fused-ring (bicyclic) bond motifs is 1. The van der Waals surface area contributed by atoms with Gasteiger partial charge in [0.05, 0.1) is 17.2 Å². The number of ether oxygens (including phenoxy) is 2. The maximum atomic E-state index is 6.28. The van der Waals surface area contributed by atoms with Crippen molar-refractivity contribution >= 4 is 23.2 Å². The molecule has 0 bridgehead atoms. The highest BCUT2D eigenvalue weighted by molar-refractivity contribution is 6.35. The second-order valence-corrected chi connectivity index (χ2v) is 8.36. The standard InChI is InChI=1S/C18H23Cl2N3O2/c1-18(2,3)17(24-4)15(23-10-21-9-22-23)8-13-6-11-5-12(19)7-14(20)16(11)25-13/h5,7,9-10,13,15,17H,6,8H2,1-4H3. The van der Waals surface area contributed by atoms with Crippen LogP contribution in [0.15, 0.2) is 24.8 Å². The molecule has 1 aromatic carbocycles. The second-order valence-electron chi connectivity index (χ2n) is 7.52. The van der Waals surface area contributed by atoms with Crippen LogP contribution in [0.25, 0.3) is 0 Å². The molecule has 1 aliphatic rings. The fourth-order valence-electron chi connectivity index (χ4n) is 3.60. The molecule has 0 aliphatic carbocycles. The zero-order chi connectivity index (χ0) is 18.2. The van der Waals surface area contributed by atoms with E-state index in [1.807, 2.05) is 10.7 Å². The van der Waals surface area contributed by atoms with Gasteiger partial charge in [0, 0.05) is 30.5 Å². The lowest BCUT2D eigenvalue weighted by atomic mass is 9.82. The molecule has 0 N–H and O–H groups in total. The van der Waals surface area contributed by atoms with Crippen LogP contribution in [-0.4, -0.2) is 34.1 Å². The number of benzene rings is 1. The Bertz CT molecular complexity index is 729. The molecule has 0 radical (unpaired) electrons. The van der Waals surface area contributed by atoms with Gasteiger partial charge in [0.15, 0.2) is 0 Å². The third kappa shape index (κ3) is 3.94. The van der Waals surface area contributed by atoms with Gasteiger partial charge in [-0.3, -0.25) is 0 Å². The predicted octanol–water partition coefficient (Wildman–Crippen LogP) is 4.58. The minimum absolute atomic E-state index is 0.000981. The summed E-state index contributed by atoms with van der Waals surface area (Å²) in [4.78, 5) is 4.10. The lowest BCUT2D eigenvalue weighted by Crippen LogP contribution is -2.39. The number of hydrogen-bond acceptors (Lipinski definition) is 4. The zero-order valence-electron chi connectivity index (χ0n) is 14.9. The molecule has 0 amide bonds. The molecule has 136 valence electrons. The van der Waals surface area contributed by atoms with Crippen LogP contribution in [0.1, 0.15) is 38.8 Å². The van der Waals surface area contributed by atoms with Gasteiger partial charge in [0.2, 0.25) is 0 Å². The van der Waals surface area contributed by atoms with Crippen LogP contribution in [0, 0.1) is 5.41 Å². The van der Waals surface area contributed by atoms with Crippen LogP contribution in [0.5, 0.6) is 5.75 Å². The van der Waals surface area contributed by atoms with Crippen molar-refractivity contribution in [3.05, 3.63) is 40.4 Å². The lowest BCUT2D eigenvalue weighted by Gasteiger charge is -2.36. The molecule has 3 unspecified atom stereocenters. The fourth-order valence-corrected chi connectivity index (χ4v) is 4.18. The van der Waals surface area contributed by atoms with E-state index in [2.05, 4.69) is 30.9 Å². The first-order valence-electron chi connectivity index (χ1n) is 8.31. The third-order valence-electron chi connectivity index (χ3n) is 4.56. The van der Waals surface area contributed by atoms with Crippen molar-refractivity contribution in [1.29, 1.82) is 0 Å². The minimum Gasteiger partial charge on any atom is -0.488 e. The van der Waals surface area contributed by atoms with Crippen molar-refractivity contribution in [3.8, 4) is 5.75 Å². The molecule has 1 aliphatic heterocycles. The Hall–Kier alpha value is -1.30. The molecule has 3 atom stereocenters. The first-order chi connectivity index (χ1) is 11.8. The van der Waals surface area contributed by atoms with E-state index < -0.39 is 0 Å². The first-order valence-corrected chi connectivity index (χ1v) is 9.06. The van der Waals surface area contributed by atoms with E-state index >= 15 is 0 Å². The average Bonchev–Trinajstić information content (AvgIpc) is 3.14. The van der Waals surface area contributed by atoms with E-state index in [9.17, 15) is 0 Å². The Kier molecular flexibility index (Phi) is 5.28. The molecule has 2 heterocycles. The van der Waals surface area contributed by atoms with Crippen LogP contribution in [0.4, 0.5) is 0 Å². The highest BCUT2D eigenvalue weighted by Gasteiger charge is 2.38. The highest BCUT2D eigenvalue weighted by atomic mass is 35.5. The van der Waals surface area contributed by atoms with E-state index in [1.165, 1.54) is 0 Å². The molecule has 3 rings (SSSR count). The van der Waals surface area contributed by atoms with E-state index in [4.69, 9.17) is 32.7 Å². The molecule has 2 aromatic rings. The van der Waals surface area contributed by atoms with E-state index in [0.29, 0.717) is 10.0 Å². The third-order valence-corrected chi connectivity index (χ3v) is 5.05. The molecule has 1 aromatic heterocycles. The molecule has 0 saturated carbocycles. The molecule has 0 saturated heterocycles. The molecular weight excluding hydrogens is 361 g/mol. The summed E-state index contributed by atoms with van der Waals surface area (Å²) in [6.45, 7) is 6.48. The Balaban J connectivity index is 1.84. The van der Waals surface area contributed by atoms with Gasteiger partial charge in [-0.1, -0.05) is 44.0 Å². The SMILES string of the molecule is COC(C(CC1Cc2cc(Cl)cc(Cl)c2O1)n1cncn1)C(C)(C)C. The molecule has 0 fully saturated rings. The molecular formula is C18H23Cl2N3O2. The van der Waals surface area contributed by atoms with Gasteiger partial charge < -0.3 is 9.47 Å². The quantitative estimate of drug-likeness (QED) is 0.757. The van der Waals surface area contributed by atoms with Crippen molar-refractivity contribution in [2.24, 2.45) is 5.41 Å². The molecule has 7 heteroatoms. The lowest BCUT2D eigenvalue weighted by molar-refractivity contribution is -0.0354. The molecule has 25 heavy (non-hydrogen) atoms. The summed E-state index contributed by atoms with van der Waals surface area (Å²) in [5.74, 6) is 0.734. The summed E-state index contributed by atoms with van der Waals surface area (Å²) in [6, 6.07) is 3.64. The summed E-state index contributed by atoms with van der Waals surface area (Å²) in [7, 11) is 1.74. The van der Waals surface area contributed by atoms with Gasteiger partial charge in [-0.25, -0.2) is 9.67 Å². The summed E-state index contributed by atoms with van der Waals surface area (Å²) in [6.07, 6.45) is 4.72. The number of nitrogens with zero attached hydrogens (tertiary/aromatic N) is 3. The van der Waals surface area contributed by atoms with Crippen LogP contribution in [0.3, 0.4) is 0 Å². The van der Waals surface area contributed by atoms with Gasteiger partial charge in [-0.05, 0) is 17.5 Å². The molecule has 5 nitrogen and oxygen atoms in total. The van der Waals surface area contributed by atoms with Crippen molar-refractivity contribution in [2.45, 2.75) is 51.9 Å². The Morgan fingerprint density at radius 1 is 1.36 bits per heavy atom. The number of aromatic nitrogens is 3. The number of rotatable bonds is 5. The van der Waals surface area contributed by atoms with Gasteiger partial charge in [0.25, 0.3) is 0 Å². The smallest absolute Gasteiger partial charge is 0.141 e. The minimum atomic E-state index is -0.0578. The zero-order valence-corrected chi connectivity index (χ0v) is 16.4. The van der Waals surface area contributed by atoms with Crippen LogP contribution in [-0.2, 0) is 11.2 Å². The van der Waals surface area contributed by atoms with Crippen LogP contribution in [0.2, 0.25) is 10.0 Å². The van der Waals surface area contributed by atoms with Gasteiger partial charge in [-0.2, -0.15) is 5.10 Å². The van der Waals surface area contributed by atoms with Crippen molar-refractivity contribution in [3.63, 3.8) is 0 Å². The summed E-state index contributed by atoms with van der Waals surface area (Å²) in [5.41, 5.74) is 0.988. The predicted molar refractivity (Wildman–Crippen MR) is 98.5 cm³/mol. The average molecular weight is 384 g/mol. The van der Waals surface area contributed by atoms with Gasteiger partial charge >= 0.3 is 0 Å². The number of hydrogen-bond donors (Lipinski definition) is 0. The van der Waals surface area contributed by atoms with Crippen molar-refractivity contribution in [2.75, 3.05) is 7.11 Å². The number of halogens is 2. The number of methoxy groups -OCH3 is 1. The Morgan fingerprint density at radius 3 is 2.72 bits per heavy atom. The second kappa shape index (κ2) is 7.14. The maximum absolute atomic E-state index is 6.28. The van der Waals surface area contributed by atoms with Crippen molar-refractivity contribution in [1.82, 2.24) is 14.8 Å². The van der Waals surface area contributed by atoms with E-state index in [-0.39, 0.29) is 23.7 Å². The van der Waals surface area contributed by atoms with Crippen LogP contribution < -0.4 is 4.74 Å². The van der Waals surface area contributed by atoms with Crippen LogP contribution >= 0.6 is 23.2 Å². The summed E-state index contributed by atoms with van der Waals surface area (Å²) < 4.78 is 13.8. The first kappa shape index (κ1) is 18.5. The summed E-state index contributed by atoms with van der Waals surface area (Å²) >= 11 is 12.4. The molecule has 0 spiro atoms. The van der Waals surface area contributed by atoms with Gasteiger partial charge in [-0.15, -0.1) is 0 Å². The van der Waals surface area contributed by atoms with Crippen molar-refractivity contribution < 1.29 is 9.47 Å². The largest absolute Gasteiger partial charge is 0.488 e. The topological polar surface area (TPSA) is 49.2 Å². The monoisotopic (exact) mass is 383 g/mol. The van der Waals surface area contributed by atoms with Gasteiger partial charge in [0.1, 0.15) is 24.5 Å². The normalized spacial score (nSPS) is 19.4. The Labute approximate surface area is 158 Å². The summed E-state index contributed by atoms with van der Waals surface area (Å²) in [5, 5.41) is 5.53. The fraction of sp³-hybridized carbons (Fsp3) is 0.556. The maximum Gasteiger partial charge on any atom is 0.141 e.